The summed E-state index contributed by atoms with van der Waals surface area (Å²) in [6.07, 6.45) is 0. The Morgan fingerprint density at radius 2 is 1.50 bits per heavy atom. The van der Waals surface area contributed by atoms with Gasteiger partial charge in [-0.3, -0.25) is 0 Å². The van der Waals surface area contributed by atoms with Gasteiger partial charge in [-0.2, -0.15) is 0 Å². The molecule has 7 heteroatoms. The first-order valence-corrected chi connectivity index (χ1v) is 2.65. The number of carbonyl (C=O) groups is 3. The van der Waals surface area contributed by atoms with Crippen LogP contribution in [0.3, 0.4) is 0 Å². The lowest BCUT2D eigenvalue weighted by atomic mass is 10.1. The minimum Gasteiger partial charge on any atom is -0.478 e. The Morgan fingerprint density at radius 3 is 1.58 bits per heavy atom. The zero-order valence-corrected chi connectivity index (χ0v) is 5.97. The minimum atomic E-state index is -3.52. The van der Waals surface area contributed by atoms with Crippen LogP contribution in [0.2, 0.25) is 0 Å². The van der Waals surface area contributed by atoms with Crippen LogP contribution in [-0.2, 0) is 19.1 Å². The van der Waals surface area contributed by atoms with Crippen molar-refractivity contribution in [1.29, 1.82) is 0 Å². The largest absolute Gasteiger partial charge is 0.478 e. The van der Waals surface area contributed by atoms with Crippen LogP contribution >= 0.6 is 0 Å². The molecule has 68 valence electrons. The lowest BCUT2D eigenvalue weighted by Crippen LogP contribution is -2.54. The number of hydrogen-bond acceptors (Lipinski definition) is 5. The van der Waals surface area contributed by atoms with Crippen molar-refractivity contribution in [3.8, 4) is 0 Å². The molecule has 0 aliphatic carbocycles. The predicted molar refractivity (Wildman–Crippen MR) is 32.2 cm³/mol. The molecule has 0 aromatic rings. The van der Waals surface area contributed by atoms with E-state index in [1.165, 1.54) is 0 Å². The molecule has 0 amide bonds. The van der Waals surface area contributed by atoms with E-state index in [4.69, 9.17) is 15.3 Å². The number of aliphatic hydroxyl groups is 1. The number of carbonyl (C=O) groups excluding carboxylic acids is 1. The van der Waals surface area contributed by atoms with Crippen LogP contribution in [0.5, 0.6) is 0 Å². The Hall–Kier alpha value is -1.63. The van der Waals surface area contributed by atoms with Crippen molar-refractivity contribution in [3.63, 3.8) is 0 Å². The van der Waals surface area contributed by atoms with E-state index >= 15 is 0 Å². The molecule has 0 fully saturated rings. The van der Waals surface area contributed by atoms with Crippen molar-refractivity contribution in [1.82, 2.24) is 0 Å². The van der Waals surface area contributed by atoms with Gasteiger partial charge in [-0.1, -0.05) is 0 Å². The van der Waals surface area contributed by atoms with Gasteiger partial charge in [0.25, 0.3) is 0 Å². The molecule has 0 saturated carbocycles. The van der Waals surface area contributed by atoms with Gasteiger partial charge in [0.15, 0.2) is 0 Å². The van der Waals surface area contributed by atoms with Gasteiger partial charge in [-0.15, -0.1) is 0 Å². The first-order valence-electron chi connectivity index (χ1n) is 2.65. The molecule has 3 N–H and O–H groups in total. The Labute approximate surface area is 66.2 Å². The van der Waals surface area contributed by atoms with E-state index < -0.39 is 23.5 Å². The molecular weight excluding hydrogens is 172 g/mol. The second-order valence-electron chi connectivity index (χ2n) is 1.81. The van der Waals surface area contributed by atoms with Crippen molar-refractivity contribution in [2.24, 2.45) is 0 Å². The van der Waals surface area contributed by atoms with Crippen LogP contribution in [0.4, 0.5) is 0 Å². The molecular formula is C5H6O7. The molecule has 0 aromatic heterocycles. The van der Waals surface area contributed by atoms with Gasteiger partial charge in [0.1, 0.15) is 0 Å². The van der Waals surface area contributed by atoms with Gasteiger partial charge >= 0.3 is 23.5 Å². The van der Waals surface area contributed by atoms with E-state index in [1.807, 2.05) is 0 Å². The Morgan fingerprint density at radius 1 is 1.17 bits per heavy atom. The fraction of sp³-hybridized carbons (Fsp3) is 0.400. The molecule has 0 aliphatic rings. The third-order valence-corrected chi connectivity index (χ3v) is 1.10. The number of carboxylic acids is 2. The molecule has 0 bridgehead atoms. The SMILES string of the molecule is COC(=O)C(O)(C(=O)O)C(=O)O. The molecule has 0 aliphatic heterocycles. The molecule has 12 heavy (non-hydrogen) atoms. The van der Waals surface area contributed by atoms with E-state index in [9.17, 15) is 14.4 Å². The number of hydrogen-bond donors (Lipinski definition) is 3. The second kappa shape index (κ2) is 3.18. The quantitative estimate of drug-likeness (QED) is 0.339. The molecule has 0 heterocycles. The molecule has 0 aromatic carbocycles. The fourth-order valence-corrected chi connectivity index (χ4v) is 0.414. The minimum absolute atomic E-state index is 0.763. The third kappa shape index (κ3) is 1.35. The summed E-state index contributed by atoms with van der Waals surface area (Å²) in [7, 11) is 0.763. The predicted octanol–water partition coefficient (Wildman–Crippen LogP) is -1.94. The van der Waals surface area contributed by atoms with E-state index in [0.717, 1.165) is 7.11 Å². The zero-order valence-electron chi connectivity index (χ0n) is 5.97. The van der Waals surface area contributed by atoms with Gasteiger partial charge in [0.05, 0.1) is 7.11 Å². The lowest BCUT2D eigenvalue weighted by molar-refractivity contribution is -0.188. The number of rotatable bonds is 3. The summed E-state index contributed by atoms with van der Waals surface area (Å²) < 4.78 is 3.79. The maximum absolute atomic E-state index is 10.5. The Bertz CT molecular complexity index is 216. The number of methoxy groups -OCH3 is 1. The number of aliphatic carboxylic acids is 2. The standard InChI is InChI=1S/C5H6O7/c1-12-4(10)5(11,2(6)7)3(8)9/h11H,1H3,(H,6,7)(H,8,9). The fourth-order valence-electron chi connectivity index (χ4n) is 0.414. The van der Waals surface area contributed by atoms with Gasteiger partial charge in [-0.05, 0) is 0 Å². The summed E-state index contributed by atoms with van der Waals surface area (Å²) in [6, 6.07) is 0. The third-order valence-electron chi connectivity index (χ3n) is 1.10. The van der Waals surface area contributed by atoms with Crippen LogP contribution in [0.25, 0.3) is 0 Å². The smallest absolute Gasteiger partial charge is 0.362 e. The van der Waals surface area contributed by atoms with Crippen molar-refractivity contribution in [3.05, 3.63) is 0 Å². The van der Waals surface area contributed by atoms with Crippen LogP contribution in [-0.4, -0.2) is 45.9 Å². The van der Waals surface area contributed by atoms with Gasteiger partial charge in [-0.25, -0.2) is 14.4 Å². The lowest BCUT2D eigenvalue weighted by Gasteiger charge is -2.14. The molecule has 0 atom stereocenters. The molecule has 7 nitrogen and oxygen atoms in total. The normalized spacial score (nSPS) is 10.5. The average Bonchev–Trinajstić information content (AvgIpc) is 2.00. The molecule has 0 unspecified atom stereocenters. The summed E-state index contributed by atoms with van der Waals surface area (Å²) in [6.45, 7) is 0. The van der Waals surface area contributed by atoms with Crippen molar-refractivity contribution in [2.45, 2.75) is 5.60 Å². The van der Waals surface area contributed by atoms with Gasteiger partial charge in [0.2, 0.25) is 0 Å². The highest BCUT2D eigenvalue weighted by Crippen LogP contribution is 2.07. The summed E-state index contributed by atoms with van der Waals surface area (Å²) in [4.78, 5) is 30.7. The highest BCUT2D eigenvalue weighted by Gasteiger charge is 2.54. The maximum atomic E-state index is 10.5. The Balaban J connectivity index is 5.01. The van der Waals surface area contributed by atoms with Crippen molar-refractivity contribution < 1.29 is 34.4 Å². The highest BCUT2D eigenvalue weighted by molar-refractivity contribution is 6.20. The summed E-state index contributed by atoms with van der Waals surface area (Å²) in [5.41, 5.74) is -3.52. The monoisotopic (exact) mass is 178 g/mol. The second-order valence-corrected chi connectivity index (χ2v) is 1.81. The van der Waals surface area contributed by atoms with Crippen LogP contribution < -0.4 is 0 Å². The van der Waals surface area contributed by atoms with E-state index in [1.54, 1.807) is 0 Å². The van der Waals surface area contributed by atoms with Crippen LogP contribution in [0.1, 0.15) is 0 Å². The molecule has 0 radical (unpaired) electrons. The molecule has 0 rings (SSSR count). The van der Waals surface area contributed by atoms with E-state index in [0.29, 0.717) is 0 Å². The Kier molecular flexibility index (Phi) is 2.75. The first-order chi connectivity index (χ1) is 5.37. The van der Waals surface area contributed by atoms with E-state index in [-0.39, 0.29) is 0 Å². The van der Waals surface area contributed by atoms with Crippen LogP contribution in [0.15, 0.2) is 0 Å². The maximum Gasteiger partial charge on any atom is 0.362 e. The molecule has 0 spiro atoms. The summed E-state index contributed by atoms with van der Waals surface area (Å²) in [5.74, 6) is -6.13. The van der Waals surface area contributed by atoms with Crippen molar-refractivity contribution in [2.75, 3.05) is 7.11 Å². The topological polar surface area (TPSA) is 121 Å². The van der Waals surface area contributed by atoms with Gasteiger partial charge in [0, 0.05) is 0 Å². The summed E-state index contributed by atoms with van der Waals surface area (Å²) in [5, 5.41) is 25.1. The van der Waals surface area contributed by atoms with Gasteiger partial charge < -0.3 is 20.1 Å². The van der Waals surface area contributed by atoms with Crippen LogP contribution in [0, 0.1) is 0 Å². The number of carboxylic acid groups (broad SMARTS) is 2. The van der Waals surface area contributed by atoms with Crippen molar-refractivity contribution >= 4 is 17.9 Å². The number of esters is 1. The zero-order chi connectivity index (χ0) is 9.94. The average molecular weight is 178 g/mol. The number of ether oxygens (including phenoxy) is 1. The highest BCUT2D eigenvalue weighted by atomic mass is 16.6. The van der Waals surface area contributed by atoms with E-state index in [2.05, 4.69) is 4.74 Å². The first kappa shape index (κ1) is 10.4. The molecule has 0 saturated heterocycles. The summed E-state index contributed by atoms with van der Waals surface area (Å²) >= 11 is 0.